The Kier molecular flexibility index (Phi) is 6.29. The lowest BCUT2D eigenvalue weighted by Gasteiger charge is -2.10. The fraction of sp³-hybridized carbons (Fsp3) is 0.500. The summed E-state index contributed by atoms with van der Waals surface area (Å²) < 4.78 is 18.9. The first-order valence-electron chi connectivity index (χ1n) is 6.43. The maximum atomic E-state index is 13.6. The van der Waals surface area contributed by atoms with E-state index < -0.39 is 5.82 Å². The molecule has 0 saturated carbocycles. The number of rotatable bonds is 7. The van der Waals surface area contributed by atoms with E-state index in [2.05, 4.69) is 5.32 Å². The van der Waals surface area contributed by atoms with Crippen LogP contribution in [-0.4, -0.2) is 25.1 Å². The molecule has 0 aliphatic rings. The molecule has 0 aliphatic heterocycles. The Morgan fingerprint density at radius 1 is 1.47 bits per heavy atom. The number of halogens is 1. The summed E-state index contributed by atoms with van der Waals surface area (Å²) in [7, 11) is 0. The summed E-state index contributed by atoms with van der Waals surface area (Å²) in [6, 6.07) is 4.86. The number of ether oxygens (including phenoxy) is 1. The first-order valence-corrected chi connectivity index (χ1v) is 6.43. The average molecular weight is 268 g/mol. The summed E-state index contributed by atoms with van der Waals surface area (Å²) in [5.74, 6) is -0.358. The Morgan fingerprint density at radius 3 is 2.79 bits per heavy atom. The second-order valence-corrected chi connectivity index (χ2v) is 4.62. The second-order valence-electron chi connectivity index (χ2n) is 4.62. The molecule has 0 heterocycles. The molecule has 4 nitrogen and oxygen atoms in total. The number of hydrogen-bond donors (Lipinski definition) is 2. The quantitative estimate of drug-likeness (QED) is 0.790. The van der Waals surface area contributed by atoms with E-state index in [0.717, 1.165) is 5.56 Å². The molecule has 0 unspecified atom stereocenters. The number of nitrogens with one attached hydrogen (secondary N) is 1. The predicted molar refractivity (Wildman–Crippen MR) is 72.5 cm³/mol. The largest absolute Gasteiger partial charge is 0.490 e. The van der Waals surface area contributed by atoms with Gasteiger partial charge >= 0.3 is 0 Å². The van der Waals surface area contributed by atoms with Gasteiger partial charge in [0.2, 0.25) is 5.91 Å². The minimum atomic E-state index is -0.421. The van der Waals surface area contributed by atoms with Gasteiger partial charge in [-0.3, -0.25) is 4.79 Å². The highest BCUT2D eigenvalue weighted by Crippen LogP contribution is 2.18. The highest BCUT2D eigenvalue weighted by atomic mass is 19.1. The van der Waals surface area contributed by atoms with Crippen molar-refractivity contribution in [1.29, 1.82) is 0 Å². The monoisotopic (exact) mass is 268 g/mol. The van der Waals surface area contributed by atoms with Crippen LogP contribution >= 0.6 is 0 Å². The van der Waals surface area contributed by atoms with Gasteiger partial charge in [-0.05, 0) is 44.5 Å². The van der Waals surface area contributed by atoms with Crippen LogP contribution in [0.15, 0.2) is 18.2 Å². The number of carbonyl (C=O) groups excluding carboxylic acids is 1. The lowest BCUT2D eigenvalue weighted by molar-refractivity contribution is -0.122. The van der Waals surface area contributed by atoms with Gasteiger partial charge in [0.1, 0.15) is 0 Å². The molecule has 5 heteroatoms. The molecular weight excluding hydrogens is 247 g/mol. The SMILES string of the molecule is CC(C)NC(=O)CCOc1ccc(CCN)cc1F. The van der Waals surface area contributed by atoms with Crippen molar-refractivity contribution in [2.45, 2.75) is 32.7 Å². The zero-order chi connectivity index (χ0) is 14.3. The molecule has 1 rings (SSSR count). The summed E-state index contributed by atoms with van der Waals surface area (Å²) in [6.07, 6.45) is 0.843. The molecule has 0 spiro atoms. The zero-order valence-electron chi connectivity index (χ0n) is 11.4. The molecule has 0 atom stereocenters. The topological polar surface area (TPSA) is 64.3 Å². The van der Waals surface area contributed by atoms with Crippen LogP contribution in [-0.2, 0) is 11.2 Å². The number of hydrogen-bond acceptors (Lipinski definition) is 3. The van der Waals surface area contributed by atoms with Crippen LogP contribution in [0.25, 0.3) is 0 Å². The van der Waals surface area contributed by atoms with E-state index in [4.69, 9.17) is 10.5 Å². The third-order valence-corrected chi connectivity index (χ3v) is 2.47. The summed E-state index contributed by atoms with van der Waals surface area (Å²) in [4.78, 5) is 11.4. The molecular formula is C14H21FN2O2. The Balaban J connectivity index is 2.43. The van der Waals surface area contributed by atoms with E-state index in [0.29, 0.717) is 13.0 Å². The van der Waals surface area contributed by atoms with E-state index in [9.17, 15) is 9.18 Å². The highest BCUT2D eigenvalue weighted by Gasteiger charge is 2.07. The van der Waals surface area contributed by atoms with Crippen LogP contribution in [0.4, 0.5) is 4.39 Å². The summed E-state index contributed by atoms with van der Waals surface area (Å²) >= 11 is 0. The first-order chi connectivity index (χ1) is 9.02. The fourth-order valence-electron chi connectivity index (χ4n) is 1.63. The van der Waals surface area contributed by atoms with Gasteiger partial charge < -0.3 is 15.8 Å². The summed E-state index contributed by atoms with van der Waals surface area (Å²) in [6.45, 7) is 4.41. The Morgan fingerprint density at radius 2 is 2.21 bits per heavy atom. The predicted octanol–water partition coefficient (Wildman–Crippen LogP) is 1.62. The Labute approximate surface area is 113 Å². The third-order valence-electron chi connectivity index (χ3n) is 2.47. The number of carbonyl (C=O) groups is 1. The molecule has 0 radical (unpaired) electrons. The molecule has 0 aromatic heterocycles. The Bertz CT molecular complexity index is 422. The van der Waals surface area contributed by atoms with Crippen molar-refractivity contribution in [3.8, 4) is 5.75 Å². The highest BCUT2D eigenvalue weighted by molar-refractivity contribution is 5.76. The molecule has 1 aromatic rings. The first kappa shape index (κ1) is 15.4. The van der Waals surface area contributed by atoms with Crippen molar-refractivity contribution < 1.29 is 13.9 Å². The number of amides is 1. The normalized spacial score (nSPS) is 10.6. The Hall–Kier alpha value is -1.62. The molecule has 106 valence electrons. The van der Waals surface area contributed by atoms with E-state index in [1.165, 1.54) is 6.07 Å². The second kappa shape index (κ2) is 7.74. The van der Waals surface area contributed by atoms with Crippen molar-refractivity contribution in [3.05, 3.63) is 29.6 Å². The third kappa shape index (κ3) is 5.70. The molecule has 1 amide bonds. The van der Waals surface area contributed by atoms with Crippen molar-refractivity contribution in [1.82, 2.24) is 5.32 Å². The maximum Gasteiger partial charge on any atom is 0.223 e. The average Bonchev–Trinajstić information content (AvgIpc) is 2.31. The van der Waals surface area contributed by atoms with Crippen LogP contribution in [0, 0.1) is 5.82 Å². The lowest BCUT2D eigenvalue weighted by atomic mass is 10.1. The van der Waals surface area contributed by atoms with Crippen molar-refractivity contribution >= 4 is 5.91 Å². The number of benzene rings is 1. The minimum absolute atomic E-state index is 0.0970. The summed E-state index contributed by atoms with van der Waals surface area (Å²) in [5, 5.41) is 2.74. The molecule has 3 N–H and O–H groups in total. The van der Waals surface area contributed by atoms with Crippen LogP contribution in [0.5, 0.6) is 5.75 Å². The van der Waals surface area contributed by atoms with Gasteiger partial charge in [-0.25, -0.2) is 4.39 Å². The van der Waals surface area contributed by atoms with Crippen molar-refractivity contribution in [3.63, 3.8) is 0 Å². The smallest absolute Gasteiger partial charge is 0.223 e. The molecule has 0 fully saturated rings. The van der Waals surface area contributed by atoms with Crippen LogP contribution in [0.2, 0.25) is 0 Å². The van der Waals surface area contributed by atoms with Crippen LogP contribution < -0.4 is 15.8 Å². The van der Waals surface area contributed by atoms with Crippen LogP contribution in [0.3, 0.4) is 0 Å². The molecule has 1 aromatic carbocycles. The number of nitrogens with two attached hydrogens (primary N) is 1. The fourth-order valence-corrected chi connectivity index (χ4v) is 1.63. The van der Waals surface area contributed by atoms with E-state index in [1.807, 2.05) is 13.8 Å². The van der Waals surface area contributed by atoms with Gasteiger partial charge in [-0.15, -0.1) is 0 Å². The van der Waals surface area contributed by atoms with Gasteiger partial charge in [-0.2, -0.15) is 0 Å². The van der Waals surface area contributed by atoms with Gasteiger partial charge in [-0.1, -0.05) is 6.07 Å². The molecule has 0 bridgehead atoms. The molecule has 0 aliphatic carbocycles. The van der Waals surface area contributed by atoms with E-state index >= 15 is 0 Å². The molecule has 19 heavy (non-hydrogen) atoms. The zero-order valence-corrected chi connectivity index (χ0v) is 11.4. The minimum Gasteiger partial charge on any atom is -0.490 e. The lowest BCUT2D eigenvalue weighted by Crippen LogP contribution is -2.31. The maximum absolute atomic E-state index is 13.6. The van der Waals surface area contributed by atoms with Crippen molar-refractivity contribution in [2.75, 3.05) is 13.2 Å². The van der Waals surface area contributed by atoms with Gasteiger partial charge in [0.25, 0.3) is 0 Å². The van der Waals surface area contributed by atoms with Crippen LogP contribution in [0.1, 0.15) is 25.8 Å². The molecule has 0 saturated heterocycles. The van der Waals surface area contributed by atoms with Crippen molar-refractivity contribution in [2.24, 2.45) is 5.73 Å². The van der Waals surface area contributed by atoms with Gasteiger partial charge in [0.15, 0.2) is 11.6 Å². The van der Waals surface area contributed by atoms with E-state index in [-0.39, 0.29) is 30.7 Å². The summed E-state index contributed by atoms with van der Waals surface area (Å²) in [5.41, 5.74) is 6.24. The standard InChI is InChI=1S/C14H21FN2O2/c1-10(2)17-14(18)6-8-19-13-4-3-11(5-7-16)9-12(13)15/h3-4,9-10H,5-8,16H2,1-2H3,(H,17,18). The van der Waals surface area contributed by atoms with Gasteiger partial charge in [0, 0.05) is 6.04 Å². The van der Waals surface area contributed by atoms with Gasteiger partial charge in [0.05, 0.1) is 13.0 Å². The van der Waals surface area contributed by atoms with E-state index in [1.54, 1.807) is 12.1 Å².